The molecule has 0 aliphatic carbocycles. The van der Waals surface area contributed by atoms with Gasteiger partial charge in [-0.1, -0.05) is 11.6 Å². The molecule has 1 fully saturated rings. The van der Waals surface area contributed by atoms with E-state index < -0.39 is 6.04 Å². The molecule has 1 aromatic carbocycles. The van der Waals surface area contributed by atoms with Crippen molar-refractivity contribution < 1.29 is 14.3 Å². The standard InChI is InChI=1S/C15H19BrClNO3/c1-2-21-15(19)14(10-4-3-7-20-9-10)18-11-5-6-13(17)12(16)8-11/h5-6,8,10,14,18H,2-4,7,9H2,1H3. The summed E-state index contributed by atoms with van der Waals surface area (Å²) in [5, 5.41) is 3.89. The van der Waals surface area contributed by atoms with Gasteiger partial charge >= 0.3 is 5.97 Å². The summed E-state index contributed by atoms with van der Waals surface area (Å²) in [5.74, 6) is -0.119. The number of ether oxygens (including phenoxy) is 2. The number of nitrogens with one attached hydrogen (secondary N) is 1. The lowest BCUT2D eigenvalue weighted by Gasteiger charge is -2.30. The SMILES string of the molecule is CCOC(=O)C(Nc1ccc(Cl)c(Br)c1)C1CCCOC1. The minimum absolute atomic E-state index is 0.118. The summed E-state index contributed by atoms with van der Waals surface area (Å²) < 4.78 is 11.5. The van der Waals surface area contributed by atoms with Crippen molar-refractivity contribution in [3.63, 3.8) is 0 Å². The highest BCUT2D eigenvalue weighted by molar-refractivity contribution is 9.10. The van der Waals surface area contributed by atoms with Crippen molar-refractivity contribution in [1.82, 2.24) is 0 Å². The van der Waals surface area contributed by atoms with Gasteiger partial charge in [0.15, 0.2) is 0 Å². The van der Waals surface area contributed by atoms with Crippen LogP contribution in [-0.2, 0) is 14.3 Å². The number of hydrogen-bond donors (Lipinski definition) is 1. The molecule has 116 valence electrons. The Hall–Kier alpha value is -0.780. The summed E-state index contributed by atoms with van der Waals surface area (Å²) in [6.07, 6.45) is 1.91. The average Bonchev–Trinajstić information content (AvgIpc) is 2.49. The number of halogens is 2. The molecule has 6 heteroatoms. The molecule has 1 heterocycles. The molecule has 2 unspecified atom stereocenters. The van der Waals surface area contributed by atoms with Gasteiger partial charge in [0.1, 0.15) is 6.04 Å². The summed E-state index contributed by atoms with van der Waals surface area (Å²) in [7, 11) is 0. The third-order valence-electron chi connectivity index (χ3n) is 3.45. The number of rotatable bonds is 5. The van der Waals surface area contributed by atoms with E-state index in [4.69, 9.17) is 21.1 Å². The van der Waals surface area contributed by atoms with E-state index in [0.29, 0.717) is 18.2 Å². The molecule has 2 rings (SSSR count). The zero-order chi connectivity index (χ0) is 15.2. The molecule has 1 aliphatic rings. The van der Waals surface area contributed by atoms with Crippen LogP contribution >= 0.6 is 27.5 Å². The highest BCUT2D eigenvalue weighted by Crippen LogP contribution is 2.28. The van der Waals surface area contributed by atoms with Gasteiger partial charge in [-0.2, -0.15) is 0 Å². The van der Waals surface area contributed by atoms with Gasteiger partial charge in [-0.05, 0) is 53.9 Å². The van der Waals surface area contributed by atoms with Crippen LogP contribution in [0.5, 0.6) is 0 Å². The third kappa shape index (κ3) is 4.59. The van der Waals surface area contributed by atoms with Crippen molar-refractivity contribution in [2.75, 3.05) is 25.1 Å². The van der Waals surface area contributed by atoms with Crippen molar-refractivity contribution in [2.24, 2.45) is 5.92 Å². The fourth-order valence-electron chi connectivity index (χ4n) is 2.40. The Morgan fingerprint density at radius 2 is 2.43 bits per heavy atom. The first-order valence-corrected chi connectivity index (χ1v) is 8.25. The second kappa shape index (κ2) is 8.01. The summed E-state index contributed by atoms with van der Waals surface area (Å²) in [6.45, 7) is 3.52. The molecular weight excluding hydrogens is 358 g/mol. The van der Waals surface area contributed by atoms with E-state index in [1.165, 1.54) is 0 Å². The van der Waals surface area contributed by atoms with Crippen molar-refractivity contribution in [2.45, 2.75) is 25.8 Å². The highest BCUT2D eigenvalue weighted by Gasteiger charge is 2.31. The van der Waals surface area contributed by atoms with Crippen LogP contribution in [-0.4, -0.2) is 31.8 Å². The number of hydrogen-bond acceptors (Lipinski definition) is 4. The van der Waals surface area contributed by atoms with Crippen molar-refractivity contribution in [1.29, 1.82) is 0 Å². The van der Waals surface area contributed by atoms with Crippen LogP contribution in [0.25, 0.3) is 0 Å². The fourth-order valence-corrected chi connectivity index (χ4v) is 2.89. The topological polar surface area (TPSA) is 47.6 Å². The maximum atomic E-state index is 12.2. The fraction of sp³-hybridized carbons (Fsp3) is 0.533. The molecule has 0 spiro atoms. The van der Waals surface area contributed by atoms with Crippen LogP contribution in [0.3, 0.4) is 0 Å². The van der Waals surface area contributed by atoms with Crippen LogP contribution < -0.4 is 5.32 Å². The van der Waals surface area contributed by atoms with Gasteiger partial charge in [0, 0.05) is 22.7 Å². The molecule has 21 heavy (non-hydrogen) atoms. The van der Waals surface area contributed by atoms with E-state index in [1.54, 1.807) is 6.07 Å². The number of anilines is 1. The molecule has 0 radical (unpaired) electrons. The van der Waals surface area contributed by atoms with E-state index in [2.05, 4.69) is 21.2 Å². The van der Waals surface area contributed by atoms with E-state index in [0.717, 1.165) is 29.6 Å². The average molecular weight is 377 g/mol. The smallest absolute Gasteiger partial charge is 0.328 e. The van der Waals surface area contributed by atoms with E-state index in [9.17, 15) is 4.79 Å². The first kappa shape index (κ1) is 16.6. The number of carbonyl (C=O) groups is 1. The summed E-state index contributed by atoms with van der Waals surface area (Å²) in [6, 6.07) is 5.09. The largest absolute Gasteiger partial charge is 0.464 e. The van der Waals surface area contributed by atoms with Crippen molar-refractivity contribution >= 4 is 39.2 Å². The van der Waals surface area contributed by atoms with Gasteiger partial charge in [0.25, 0.3) is 0 Å². The molecule has 1 aromatic rings. The van der Waals surface area contributed by atoms with Crippen molar-refractivity contribution in [3.05, 3.63) is 27.7 Å². The Morgan fingerprint density at radius 3 is 3.05 bits per heavy atom. The summed E-state index contributed by atoms with van der Waals surface area (Å²) >= 11 is 9.38. The predicted octanol–water partition coefficient (Wildman–Crippen LogP) is 3.87. The van der Waals surface area contributed by atoms with Gasteiger partial charge < -0.3 is 14.8 Å². The quantitative estimate of drug-likeness (QED) is 0.792. The lowest BCUT2D eigenvalue weighted by Crippen LogP contribution is -2.42. The molecule has 1 N–H and O–H groups in total. The van der Waals surface area contributed by atoms with E-state index >= 15 is 0 Å². The lowest BCUT2D eigenvalue weighted by atomic mass is 9.93. The number of benzene rings is 1. The molecule has 0 saturated carbocycles. The van der Waals surface area contributed by atoms with E-state index in [1.807, 2.05) is 19.1 Å². The highest BCUT2D eigenvalue weighted by atomic mass is 79.9. The first-order valence-electron chi connectivity index (χ1n) is 7.07. The van der Waals surface area contributed by atoms with Crippen LogP contribution in [0.1, 0.15) is 19.8 Å². The van der Waals surface area contributed by atoms with Gasteiger partial charge in [0.05, 0.1) is 18.2 Å². The number of esters is 1. The Kier molecular flexibility index (Phi) is 6.33. The van der Waals surface area contributed by atoms with Crippen LogP contribution in [0.2, 0.25) is 5.02 Å². The maximum Gasteiger partial charge on any atom is 0.328 e. The third-order valence-corrected chi connectivity index (χ3v) is 4.66. The Balaban J connectivity index is 2.13. The van der Waals surface area contributed by atoms with Crippen LogP contribution in [0.15, 0.2) is 22.7 Å². The van der Waals surface area contributed by atoms with Gasteiger partial charge in [-0.15, -0.1) is 0 Å². The molecule has 1 saturated heterocycles. The number of carbonyl (C=O) groups excluding carboxylic acids is 1. The summed E-state index contributed by atoms with van der Waals surface area (Å²) in [5.41, 5.74) is 0.829. The van der Waals surface area contributed by atoms with E-state index in [-0.39, 0.29) is 11.9 Å². The van der Waals surface area contributed by atoms with Crippen LogP contribution in [0.4, 0.5) is 5.69 Å². The molecule has 0 bridgehead atoms. The Labute approximate surface area is 138 Å². The van der Waals surface area contributed by atoms with Gasteiger partial charge in [0.2, 0.25) is 0 Å². The zero-order valence-electron chi connectivity index (χ0n) is 11.9. The second-order valence-corrected chi connectivity index (χ2v) is 6.24. The van der Waals surface area contributed by atoms with Crippen molar-refractivity contribution in [3.8, 4) is 0 Å². The normalized spacial score (nSPS) is 19.9. The van der Waals surface area contributed by atoms with Gasteiger partial charge in [-0.25, -0.2) is 4.79 Å². The van der Waals surface area contributed by atoms with Crippen LogP contribution in [0, 0.1) is 5.92 Å². The molecule has 4 nitrogen and oxygen atoms in total. The monoisotopic (exact) mass is 375 g/mol. The molecular formula is C15H19BrClNO3. The second-order valence-electron chi connectivity index (χ2n) is 4.98. The first-order chi connectivity index (χ1) is 10.1. The minimum atomic E-state index is -0.404. The minimum Gasteiger partial charge on any atom is -0.464 e. The molecule has 1 aliphatic heterocycles. The molecule has 2 atom stereocenters. The lowest BCUT2D eigenvalue weighted by molar-refractivity contribution is -0.146. The predicted molar refractivity (Wildman–Crippen MR) is 86.7 cm³/mol. The summed E-state index contributed by atoms with van der Waals surface area (Å²) in [4.78, 5) is 12.2. The molecule has 0 aromatic heterocycles. The molecule has 0 amide bonds. The zero-order valence-corrected chi connectivity index (χ0v) is 14.2. The Bertz CT molecular complexity index is 492. The Morgan fingerprint density at radius 1 is 1.62 bits per heavy atom. The maximum absolute atomic E-state index is 12.2. The van der Waals surface area contributed by atoms with Gasteiger partial charge in [-0.3, -0.25) is 0 Å².